The van der Waals surface area contributed by atoms with E-state index in [9.17, 15) is 5.11 Å². The van der Waals surface area contributed by atoms with Crippen LogP contribution in [0.3, 0.4) is 0 Å². The normalized spacial score (nSPS) is 30.8. The number of nitrogens with zero attached hydrogens (tertiary/aromatic N) is 2. The van der Waals surface area contributed by atoms with Crippen LogP contribution in [0.25, 0.3) is 5.65 Å². The first kappa shape index (κ1) is 23.4. The number of rotatable bonds is 4. The van der Waals surface area contributed by atoms with Crippen molar-refractivity contribution in [3.63, 3.8) is 0 Å². The summed E-state index contributed by atoms with van der Waals surface area (Å²) in [6, 6.07) is 3.38. The monoisotopic (exact) mass is 488 g/mol. The summed E-state index contributed by atoms with van der Waals surface area (Å²) in [5, 5.41) is 12.5. The molecule has 2 aliphatic heterocycles. The SMILES string of the molecule is CC1(C)O[C@H]2[C@@H](O1)C(O)(c1c(Cl)ccc3nc(Cl)cn13)O[C@@H]2CO[Si](C)(C)C(C)(C)C. The number of aromatic nitrogens is 2. The molecule has 2 aromatic rings. The molecule has 2 aromatic heterocycles. The Hall–Kier alpha value is -0.713. The van der Waals surface area contributed by atoms with Crippen LogP contribution in [0.1, 0.15) is 40.3 Å². The number of pyridine rings is 1. The molecule has 0 bridgehead atoms. The summed E-state index contributed by atoms with van der Waals surface area (Å²) < 4.78 is 26.5. The second kappa shape index (κ2) is 7.40. The van der Waals surface area contributed by atoms with E-state index in [1.165, 1.54) is 0 Å². The lowest BCUT2D eigenvalue weighted by Gasteiger charge is -2.37. The Kier molecular flexibility index (Phi) is 5.59. The standard InChI is InChI=1S/C21H30Cl2N2O5Si/c1-19(2,3)31(6,7)27-11-13-16-18(30-20(4,5)29-16)21(26,28-13)17-12(22)8-9-15-24-14(23)10-25(15)17/h8-10,13,16,18,26H,11H2,1-7H3/t13-,16-,18-,21?/m1/s1. The molecule has 31 heavy (non-hydrogen) atoms. The molecular formula is C21H30Cl2N2O5Si. The molecule has 2 saturated heterocycles. The van der Waals surface area contributed by atoms with Crippen LogP contribution in [-0.2, 0) is 24.4 Å². The summed E-state index contributed by atoms with van der Waals surface area (Å²) in [5.74, 6) is -2.77. The summed E-state index contributed by atoms with van der Waals surface area (Å²) in [4.78, 5) is 4.26. The smallest absolute Gasteiger partial charge is 0.240 e. The summed E-state index contributed by atoms with van der Waals surface area (Å²) in [7, 11) is -2.05. The molecule has 4 heterocycles. The van der Waals surface area contributed by atoms with Crippen molar-refractivity contribution in [3.05, 3.63) is 34.2 Å². The van der Waals surface area contributed by atoms with Gasteiger partial charge in [0.2, 0.25) is 5.79 Å². The topological polar surface area (TPSA) is 74.5 Å². The van der Waals surface area contributed by atoms with Gasteiger partial charge in [0.15, 0.2) is 14.1 Å². The maximum atomic E-state index is 11.9. The van der Waals surface area contributed by atoms with Crippen LogP contribution in [0, 0.1) is 0 Å². The zero-order chi connectivity index (χ0) is 23.0. The van der Waals surface area contributed by atoms with Crippen molar-refractivity contribution in [1.82, 2.24) is 9.38 Å². The number of hydrogen-bond acceptors (Lipinski definition) is 6. The van der Waals surface area contributed by atoms with E-state index in [2.05, 4.69) is 38.8 Å². The van der Waals surface area contributed by atoms with Crippen molar-refractivity contribution in [1.29, 1.82) is 0 Å². The van der Waals surface area contributed by atoms with Gasteiger partial charge in [-0.05, 0) is 44.1 Å². The first-order chi connectivity index (χ1) is 14.1. The Morgan fingerprint density at radius 2 is 1.87 bits per heavy atom. The second-order valence-electron chi connectivity index (χ2n) is 10.3. The Bertz CT molecular complexity index is 1010. The Balaban J connectivity index is 1.73. The predicted octanol–water partition coefficient (Wildman–Crippen LogP) is 4.73. The molecule has 0 amide bonds. The number of ether oxygens (including phenoxy) is 3. The Labute approximate surface area is 193 Å². The van der Waals surface area contributed by atoms with Crippen molar-refractivity contribution in [2.24, 2.45) is 0 Å². The summed E-state index contributed by atoms with van der Waals surface area (Å²) in [6.45, 7) is 14.8. The van der Waals surface area contributed by atoms with E-state index in [0.29, 0.717) is 16.4 Å². The molecule has 1 N–H and O–H groups in total. The van der Waals surface area contributed by atoms with Crippen LogP contribution in [0.5, 0.6) is 0 Å². The fourth-order valence-electron chi connectivity index (χ4n) is 3.90. The molecule has 0 spiro atoms. The van der Waals surface area contributed by atoms with Crippen LogP contribution in [-0.4, -0.2) is 53.5 Å². The average Bonchev–Trinajstić information content (AvgIpc) is 3.22. The van der Waals surface area contributed by atoms with Gasteiger partial charge < -0.3 is 23.7 Å². The highest BCUT2D eigenvalue weighted by atomic mass is 35.5. The van der Waals surface area contributed by atoms with Crippen LogP contribution in [0.15, 0.2) is 18.3 Å². The maximum absolute atomic E-state index is 11.9. The van der Waals surface area contributed by atoms with Gasteiger partial charge in [-0.25, -0.2) is 4.98 Å². The zero-order valence-corrected chi connectivity index (χ0v) is 21.4. The molecule has 0 radical (unpaired) electrons. The van der Waals surface area contributed by atoms with E-state index >= 15 is 0 Å². The van der Waals surface area contributed by atoms with Crippen molar-refractivity contribution >= 4 is 37.2 Å². The third-order valence-corrected chi connectivity index (χ3v) is 11.5. The van der Waals surface area contributed by atoms with E-state index in [0.717, 1.165) is 0 Å². The Morgan fingerprint density at radius 1 is 1.19 bits per heavy atom. The lowest BCUT2D eigenvalue weighted by molar-refractivity contribution is -0.285. The highest BCUT2D eigenvalue weighted by molar-refractivity contribution is 6.74. The first-order valence-corrected chi connectivity index (χ1v) is 14.0. The highest BCUT2D eigenvalue weighted by Gasteiger charge is 2.64. The van der Waals surface area contributed by atoms with E-state index in [1.807, 2.05) is 13.8 Å². The van der Waals surface area contributed by atoms with Gasteiger partial charge in [-0.2, -0.15) is 0 Å². The average molecular weight is 489 g/mol. The molecule has 0 aromatic carbocycles. The maximum Gasteiger partial charge on any atom is 0.240 e. The largest absolute Gasteiger partial charge is 0.414 e. The van der Waals surface area contributed by atoms with Gasteiger partial charge in [0.25, 0.3) is 0 Å². The van der Waals surface area contributed by atoms with Gasteiger partial charge in [-0.1, -0.05) is 44.0 Å². The minimum absolute atomic E-state index is 0.0378. The highest BCUT2D eigenvalue weighted by Crippen LogP contribution is 2.50. The molecule has 2 fully saturated rings. The third-order valence-electron chi connectivity index (χ3n) is 6.52. The van der Waals surface area contributed by atoms with Crippen molar-refractivity contribution in [3.8, 4) is 0 Å². The summed E-state index contributed by atoms with van der Waals surface area (Å²) >= 11 is 12.7. The quantitative estimate of drug-likeness (QED) is 0.627. The number of fused-ring (bicyclic) bond motifs is 2. The Morgan fingerprint density at radius 3 is 2.52 bits per heavy atom. The molecule has 10 heteroatoms. The molecule has 172 valence electrons. The number of aliphatic hydroxyl groups is 1. The lowest BCUT2D eigenvalue weighted by atomic mass is 10.0. The van der Waals surface area contributed by atoms with Crippen LogP contribution in [0.2, 0.25) is 28.3 Å². The first-order valence-electron chi connectivity index (χ1n) is 10.4. The second-order valence-corrected chi connectivity index (χ2v) is 15.9. The van der Waals surface area contributed by atoms with Gasteiger partial charge in [0.1, 0.15) is 34.8 Å². The molecular weight excluding hydrogens is 459 g/mol. The molecule has 0 saturated carbocycles. The lowest BCUT2D eigenvalue weighted by Crippen LogP contribution is -2.44. The summed E-state index contributed by atoms with van der Waals surface area (Å²) in [6.07, 6.45) is -0.291. The zero-order valence-electron chi connectivity index (χ0n) is 18.9. The van der Waals surface area contributed by atoms with Crippen LogP contribution in [0.4, 0.5) is 0 Å². The number of halogens is 2. The fraction of sp³-hybridized carbons (Fsp3) is 0.667. The third kappa shape index (κ3) is 3.95. The number of imidazole rings is 1. The molecule has 4 atom stereocenters. The van der Waals surface area contributed by atoms with E-state index in [-0.39, 0.29) is 16.8 Å². The van der Waals surface area contributed by atoms with Gasteiger partial charge in [0, 0.05) is 6.20 Å². The van der Waals surface area contributed by atoms with Crippen molar-refractivity contribution in [2.45, 2.75) is 82.6 Å². The van der Waals surface area contributed by atoms with E-state index < -0.39 is 38.2 Å². The number of hydrogen-bond donors (Lipinski definition) is 1. The molecule has 1 unspecified atom stereocenters. The summed E-state index contributed by atoms with van der Waals surface area (Å²) in [5.41, 5.74) is 0.842. The van der Waals surface area contributed by atoms with Gasteiger partial charge >= 0.3 is 0 Å². The minimum Gasteiger partial charge on any atom is -0.414 e. The van der Waals surface area contributed by atoms with Crippen molar-refractivity contribution in [2.75, 3.05) is 6.61 Å². The van der Waals surface area contributed by atoms with Gasteiger partial charge in [-0.15, -0.1) is 0 Å². The van der Waals surface area contributed by atoms with E-state index in [4.69, 9.17) is 41.8 Å². The van der Waals surface area contributed by atoms with E-state index in [1.54, 1.807) is 22.7 Å². The molecule has 0 aliphatic carbocycles. The van der Waals surface area contributed by atoms with Gasteiger partial charge in [0.05, 0.1) is 11.6 Å². The van der Waals surface area contributed by atoms with Crippen LogP contribution < -0.4 is 0 Å². The molecule has 2 aliphatic rings. The minimum atomic E-state index is -2.05. The fourth-order valence-corrected chi connectivity index (χ4v) is 5.39. The van der Waals surface area contributed by atoms with Gasteiger partial charge in [-0.3, -0.25) is 4.40 Å². The molecule has 7 nitrogen and oxygen atoms in total. The van der Waals surface area contributed by atoms with Crippen molar-refractivity contribution < 1.29 is 23.7 Å². The van der Waals surface area contributed by atoms with Crippen LogP contribution >= 0.6 is 23.2 Å². The molecule has 4 rings (SSSR count). The predicted molar refractivity (Wildman–Crippen MR) is 121 cm³/mol.